The number of rotatable bonds is 8. The summed E-state index contributed by atoms with van der Waals surface area (Å²) >= 11 is 0. The quantitative estimate of drug-likeness (QED) is 0.278. The van der Waals surface area contributed by atoms with Crippen LogP contribution in [0.25, 0.3) is 0 Å². The van der Waals surface area contributed by atoms with Crippen molar-refractivity contribution in [2.75, 3.05) is 55.4 Å². The van der Waals surface area contributed by atoms with Gasteiger partial charge in [-0.2, -0.15) is 13.2 Å². The molecule has 0 radical (unpaired) electrons. The molecule has 1 aliphatic rings. The summed E-state index contributed by atoms with van der Waals surface area (Å²) in [6.07, 6.45) is -2.50. The summed E-state index contributed by atoms with van der Waals surface area (Å²) in [5.74, 6) is -0.363. The lowest BCUT2D eigenvalue weighted by molar-refractivity contribution is -0.137. The third kappa shape index (κ3) is 8.04. The van der Waals surface area contributed by atoms with Crippen LogP contribution in [0.4, 0.5) is 30.4 Å². The zero-order chi connectivity index (χ0) is 32.1. The van der Waals surface area contributed by atoms with Crippen LogP contribution in [0.3, 0.4) is 0 Å². The number of nitrogens with zero attached hydrogens (tertiary/aromatic N) is 5. The van der Waals surface area contributed by atoms with Crippen molar-refractivity contribution in [1.29, 1.82) is 0 Å². The SMILES string of the molecule is Cc1ccc(C(=O)Nc2cccc(C(F)(F)F)c2)cc1CC(=O)N(C)c1cc(Cc2ccc(N3CCN(C)CC3)cc2)ncn1. The van der Waals surface area contributed by atoms with Gasteiger partial charge in [0.1, 0.15) is 12.1 Å². The molecule has 2 amide bonds. The smallest absolute Gasteiger partial charge is 0.369 e. The topological polar surface area (TPSA) is 81.7 Å². The van der Waals surface area contributed by atoms with E-state index in [-0.39, 0.29) is 23.6 Å². The molecule has 0 unspecified atom stereocenters. The molecular formula is C34H35F3N6O2. The van der Waals surface area contributed by atoms with E-state index in [0.717, 1.165) is 55.1 Å². The molecule has 0 bridgehead atoms. The Morgan fingerprint density at radius 3 is 2.38 bits per heavy atom. The molecule has 4 aromatic rings. The molecule has 0 atom stereocenters. The van der Waals surface area contributed by atoms with Gasteiger partial charge in [0.25, 0.3) is 5.91 Å². The predicted molar refractivity (Wildman–Crippen MR) is 169 cm³/mol. The van der Waals surface area contributed by atoms with Crippen LogP contribution in [0, 0.1) is 6.92 Å². The van der Waals surface area contributed by atoms with Crippen molar-refractivity contribution >= 4 is 29.0 Å². The zero-order valence-electron chi connectivity index (χ0n) is 25.4. The Morgan fingerprint density at radius 2 is 1.67 bits per heavy atom. The zero-order valence-corrected chi connectivity index (χ0v) is 25.4. The Bertz CT molecular complexity index is 1670. The molecule has 1 aliphatic heterocycles. The van der Waals surface area contributed by atoms with Crippen LogP contribution in [0.2, 0.25) is 0 Å². The van der Waals surface area contributed by atoms with E-state index >= 15 is 0 Å². The summed E-state index contributed by atoms with van der Waals surface area (Å²) in [7, 11) is 3.77. The second kappa shape index (κ2) is 13.5. The highest BCUT2D eigenvalue weighted by molar-refractivity contribution is 6.04. The number of aryl methyl sites for hydroxylation is 1. The Kier molecular flexibility index (Phi) is 9.48. The number of hydrogen-bond donors (Lipinski definition) is 1. The van der Waals surface area contributed by atoms with Gasteiger partial charge in [-0.05, 0) is 73.1 Å². The summed E-state index contributed by atoms with van der Waals surface area (Å²) in [5.41, 5.74) is 3.90. The minimum atomic E-state index is -4.52. The maximum Gasteiger partial charge on any atom is 0.416 e. The van der Waals surface area contributed by atoms with Crippen molar-refractivity contribution in [1.82, 2.24) is 14.9 Å². The largest absolute Gasteiger partial charge is 0.416 e. The lowest BCUT2D eigenvalue weighted by Crippen LogP contribution is -2.44. The molecule has 1 saturated heterocycles. The van der Waals surface area contributed by atoms with E-state index in [0.29, 0.717) is 17.8 Å². The lowest BCUT2D eigenvalue weighted by atomic mass is 10.0. The predicted octanol–water partition coefficient (Wildman–Crippen LogP) is 5.60. The van der Waals surface area contributed by atoms with E-state index < -0.39 is 17.6 Å². The maximum absolute atomic E-state index is 13.3. The fourth-order valence-electron chi connectivity index (χ4n) is 5.15. The minimum absolute atomic E-state index is 0.000101. The second-order valence-corrected chi connectivity index (χ2v) is 11.3. The first-order valence-corrected chi connectivity index (χ1v) is 14.6. The van der Waals surface area contributed by atoms with Crippen LogP contribution < -0.4 is 15.1 Å². The molecule has 2 heterocycles. The second-order valence-electron chi connectivity index (χ2n) is 11.3. The molecule has 1 fully saturated rings. The van der Waals surface area contributed by atoms with Crippen molar-refractivity contribution in [2.45, 2.75) is 25.9 Å². The number of halogens is 3. The average Bonchev–Trinajstić information content (AvgIpc) is 3.02. The standard InChI is InChI=1S/C34H35F3N6O2/c1-23-7-10-25(33(45)40-28-6-4-5-27(20-28)34(35,36)37)18-26(23)19-32(44)42(3)31-21-29(38-22-39-31)17-24-8-11-30(12-9-24)43-15-13-41(2)14-16-43/h4-12,18,20-22H,13-17,19H2,1-3H3,(H,40,45). The van der Waals surface area contributed by atoms with Gasteiger partial charge in [0.15, 0.2) is 0 Å². The molecule has 1 aromatic heterocycles. The number of carbonyl (C=O) groups is 2. The third-order valence-corrected chi connectivity index (χ3v) is 8.02. The molecule has 5 rings (SSSR count). The summed E-state index contributed by atoms with van der Waals surface area (Å²) in [4.78, 5) is 41.0. The number of hydrogen-bond acceptors (Lipinski definition) is 6. The molecule has 0 saturated carbocycles. The molecule has 45 heavy (non-hydrogen) atoms. The van der Waals surface area contributed by atoms with Crippen LogP contribution in [0.15, 0.2) is 79.1 Å². The average molecular weight is 617 g/mol. The highest BCUT2D eigenvalue weighted by atomic mass is 19.4. The lowest BCUT2D eigenvalue weighted by Gasteiger charge is -2.34. The molecule has 3 aromatic carbocycles. The first-order chi connectivity index (χ1) is 21.5. The van der Waals surface area contributed by atoms with Crippen LogP contribution >= 0.6 is 0 Å². The number of alkyl halides is 3. The van der Waals surface area contributed by atoms with Crippen molar-refractivity contribution < 1.29 is 22.8 Å². The number of benzene rings is 3. The molecular weight excluding hydrogens is 581 g/mol. The van der Waals surface area contributed by atoms with E-state index in [1.54, 1.807) is 31.3 Å². The van der Waals surface area contributed by atoms with E-state index in [1.807, 2.05) is 6.92 Å². The number of aromatic nitrogens is 2. The molecule has 0 spiro atoms. The van der Waals surface area contributed by atoms with Gasteiger partial charge in [0, 0.05) is 62.7 Å². The maximum atomic E-state index is 13.3. The first-order valence-electron chi connectivity index (χ1n) is 14.6. The van der Waals surface area contributed by atoms with Crippen LogP contribution in [0.5, 0.6) is 0 Å². The van der Waals surface area contributed by atoms with Crippen molar-refractivity contribution in [3.05, 3.63) is 113 Å². The molecule has 234 valence electrons. The van der Waals surface area contributed by atoms with E-state index in [4.69, 9.17) is 0 Å². The number of anilines is 3. The van der Waals surface area contributed by atoms with Crippen LogP contribution in [-0.2, 0) is 23.8 Å². The molecule has 8 nitrogen and oxygen atoms in total. The fraction of sp³-hybridized carbons (Fsp3) is 0.294. The summed E-state index contributed by atoms with van der Waals surface area (Å²) in [5, 5.41) is 2.51. The molecule has 0 aliphatic carbocycles. The van der Waals surface area contributed by atoms with Crippen molar-refractivity contribution in [3.8, 4) is 0 Å². The van der Waals surface area contributed by atoms with Gasteiger partial charge >= 0.3 is 6.18 Å². The Hall–Kier alpha value is -4.77. The van der Waals surface area contributed by atoms with Gasteiger partial charge in [-0.3, -0.25) is 14.5 Å². The Labute approximate surface area is 260 Å². The highest BCUT2D eigenvalue weighted by Gasteiger charge is 2.30. The minimum Gasteiger partial charge on any atom is -0.369 e. The number of nitrogens with one attached hydrogen (secondary N) is 1. The van der Waals surface area contributed by atoms with E-state index in [2.05, 4.69) is 56.4 Å². The Morgan fingerprint density at radius 1 is 0.933 bits per heavy atom. The Balaban J connectivity index is 1.22. The van der Waals surface area contributed by atoms with E-state index in [1.165, 1.54) is 29.0 Å². The van der Waals surface area contributed by atoms with Gasteiger partial charge in [-0.15, -0.1) is 0 Å². The van der Waals surface area contributed by atoms with Crippen LogP contribution in [0.1, 0.15) is 38.3 Å². The number of carbonyl (C=O) groups excluding carboxylic acids is 2. The third-order valence-electron chi connectivity index (χ3n) is 8.02. The van der Waals surface area contributed by atoms with Gasteiger partial charge < -0.3 is 15.1 Å². The monoisotopic (exact) mass is 616 g/mol. The number of piperazine rings is 1. The molecule has 1 N–H and O–H groups in total. The van der Waals surface area contributed by atoms with Gasteiger partial charge in [0.05, 0.1) is 17.7 Å². The van der Waals surface area contributed by atoms with E-state index in [9.17, 15) is 22.8 Å². The summed E-state index contributed by atoms with van der Waals surface area (Å²) in [6.45, 7) is 5.92. The number of likely N-dealkylation sites (N-methyl/N-ethyl adjacent to an activating group) is 2. The van der Waals surface area contributed by atoms with Crippen LogP contribution in [-0.4, -0.2) is 67.0 Å². The van der Waals surface area contributed by atoms with Gasteiger partial charge in [0.2, 0.25) is 5.91 Å². The van der Waals surface area contributed by atoms with Crippen molar-refractivity contribution in [3.63, 3.8) is 0 Å². The van der Waals surface area contributed by atoms with Gasteiger partial charge in [-0.25, -0.2) is 9.97 Å². The molecule has 11 heteroatoms. The summed E-state index contributed by atoms with van der Waals surface area (Å²) in [6, 6.07) is 19.6. The first kappa shape index (κ1) is 31.6. The highest BCUT2D eigenvalue weighted by Crippen LogP contribution is 2.31. The normalized spacial score (nSPS) is 13.9. The van der Waals surface area contributed by atoms with Gasteiger partial charge in [-0.1, -0.05) is 24.3 Å². The fourth-order valence-corrected chi connectivity index (χ4v) is 5.15. The summed E-state index contributed by atoms with van der Waals surface area (Å²) < 4.78 is 39.2. The van der Waals surface area contributed by atoms with Crippen molar-refractivity contribution in [2.24, 2.45) is 0 Å². The number of amides is 2.